The Morgan fingerprint density at radius 2 is 2.00 bits per heavy atom. The lowest BCUT2D eigenvalue weighted by Crippen LogP contribution is -2.56. The minimum Gasteiger partial charge on any atom is -0.461 e. The summed E-state index contributed by atoms with van der Waals surface area (Å²) in [6.45, 7) is 16.0. The van der Waals surface area contributed by atoms with E-state index in [0.717, 1.165) is 48.6 Å². The normalized spacial score (nSPS) is 25.2. The Bertz CT molecular complexity index is 1650. The topological polar surface area (TPSA) is 66.2 Å². The first kappa shape index (κ1) is 26.7. The summed E-state index contributed by atoms with van der Waals surface area (Å²) in [7, 11) is 0. The summed E-state index contributed by atoms with van der Waals surface area (Å²) in [5, 5.41) is 0.972. The number of rotatable bonds is 7. The van der Waals surface area contributed by atoms with E-state index in [0.29, 0.717) is 38.2 Å². The summed E-state index contributed by atoms with van der Waals surface area (Å²) in [5.74, 6) is 2.22. The van der Waals surface area contributed by atoms with Gasteiger partial charge in [0.05, 0.1) is 11.1 Å². The van der Waals surface area contributed by atoms with Crippen LogP contribution in [0.2, 0.25) is 0 Å². The molecule has 0 bridgehead atoms. The van der Waals surface area contributed by atoms with Crippen LogP contribution in [0, 0.1) is 12.5 Å². The molecule has 1 aromatic heterocycles. The van der Waals surface area contributed by atoms with E-state index >= 15 is 0 Å². The molecule has 1 saturated carbocycles. The lowest BCUT2D eigenvalue weighted by Gasteiger charge is -2.39. The number of nitrogens with zero attached hydrogens (tertiary/aromatic N) is 6. The van der Waals surface area contributed by atoms with Crippen LogP contribution in [0.5, 0.6) is 6.01 Å². The number of ether oxygens (including phenoxy) is 1. The maximum absolute atomic E-state index is 12.6. The Hall–Kier alpha value is -3.96. The van der Waals surface area contributed by atoms with E-state index in [2.05, 4.69) is 57.6 Å². The zero-order valence-corrected chi connectivity index (χ0v) is 24.7. The van der Waals surface area contributed by atoms with Crippen LogP contribution in [-0.4, -0.2) is 83.1 Å². The number of benzene rings is 2. The Balaban J connectivity index is 1.18. The Morgan fingerprint density at radius 1 is 1.14 bits per heavy atom. The van der Waals surface area contributed by atoms with Gasteiger partial charge in [0.1, 0.15) is 18.5 Å². The number of carbonyl (C=O) groups excluding carboxylic acids is 1. The molecule has 0 radical (unpaired) electrons. The van der Waals surface area contributed by atoms with Crippen LogP contribution in [0.15, 0.2) is 49.1 Å². The largest absolute Gasteiger partial charge is 0.461 e. The molecule has 8 nitrogen and oxygen atoms in total. The molecule has 220 valence electrons. The highest BCUT2D eigenvalue weighted by atomic mass is 16.5. The standard InChI is InChI=1S/C35H38N6O2/c1-3-31(42)41-16-15-39(21-26(41)20-36-2)33-28-10-9-23(27-8-4-7-24-17-25-18-29(25)32(24)27)19-30(28)37-34(38-33)43-22-35-11-5-13-40(35)14-6-12-35/h3-4,7-10,19,25-26,29H,1,5-6,11-18,20-22H2/t25-,26+,29+/m1/s1. The molecule has 8 heteroatoms. The molecule has 43 heavy (non-hydrogen) atoms. The van der Waals surface area contributed by atoms with Crippen molar-refractivity contribution in [1.29, 1.82) is 0 Å². The van der Waals surface area contributed by atoms with Crippen molar-refractivity contribution in [2.24, 2.45) is 5.92 Å². The molecule has 3 saturated heterocycles. The molecular weight excluding hydrogens is 536 g/mol. The van der Waals surface area contributed by atoms with E-state index < -0.39 is 0 Å². The highest BCUT2D eigenvalue weighted by molar-refractivity contribution is 5.94. The Kier molecular flexibility index (Phi) is 6.41. The van der Waals surface area contributed by atoms with Crippen molar-refractivity contribution in [3.05, 3.63) is 71.6 Å². The van der Waals surface area contributed by atoms with Crippen LogP contribution in [0.3, 0.4) is 0 Å². The minimum absolute atomic E-state index is 0.100. The monoisotopic (exact) mass is 574 g/mol. The van der Waals surface area contributed by atoms with E-state index in [1.807, 2.05) is 0 Å². The van der Waals surface area contributed by atoms with Crippen molar-refractivity contribution < 1.29 is 9.53 Å². The lowest BCUT2D eigenvalue weighted by atomic mass is 9.94. The fourth-order valence-corrected chi connectivity index (χ4v) is 8.53. The van der Waals surface area contributed by atoms with Crippen molar-refractivity contribution in [3.63, 3.8) is 0 Å². The number of piperazine rings is 1. The molecule has 2 aromatic carbocycles. The van der Waals surface area contributed by atoms with E-state index in [-0.39, 0.29) is 24.0 Å². The fourth-order valence-electron chi connectivity index (χ4n) is 8.53. The smallest absolute Gasteiger partial charge is 0.319 e. The molecule has 1 amide bonds. The average molecular weight is 575 g/mol. The van der Waals surface area contributed by atoms with E-state index in [1.54, 1.807) is 4.90 Å². The second-order valence-electron chi connectivity index (χ2n) is 13.1. The first-order valence-electron chi connectivity index (χ1n) is 15.9. The van der Waals surface area contributed by atoms with E-state index in [9.17, 15) is 4.79 Å². The molecule has 0 spiro atoms. The van der Waals surface area contributed by atoms with Gasteiger partial charge in [-0.15, -0.1) is 0 Å². The molecular formula is C35H38N6O2. The van der Waals surface area contributed by atoms with Crippen molar-refractivity contribution in [3.8, 4) is 17.1 Å². The number of hydrogen-bond acceptors (Lipinski definition) is 6. The summed E-state index contributed by atoms with van der Waals surface area (Å²) in [6, 6.07) is 13.5. The molecule has 3 aliphatic heterocycles. The summed E-state index contributed by atoms with van der Waals surface area (Å²) in [4.78, 5) is 32.9. The van der Waals surface area contributed by atoms with Crippen LogP contribution in [-0.2, 0) is 11.2 Å². The molecule has 2 aliphatic carbocycles. The van der Waals surface area contributed by atoms with Gasteiger partial charge in [-0.2, -0.15) is 9.97 Å². The number of amides is 1. The van der Waals surface area contributed by atoms with Crippen LogP contribution in [0.1, 0.15) is 49.1 Å². The third-order valence-corrected chi connectivity index (χ3v) is 10.8. The Morgan fingerprint density at radius 3 is 2.81 bits per heavy atom. The van der Waals surface area contributed by atoms with Crippen LogP contribution in [0.25, 0.3) is 26.9 Å². The second-order valence-corrected chi connectivity index (χ2v) is 13.1. The fraction of sp³-hybridized carbons (Fsp3) is 0.486. The maximum atomic E-state index is 12.6. The Labute approximate surface area is 253 Å². The highest BCUT2D eigenvalue weighted by Gasteiger charge is 2.46. The molecule has 4 fully saturated rings. The molecule has 3 atom stereocenters. The van der Waals surface area contributed by atoms with Gasteiger partial charge in [-0.1, -0.05) is 30.8 Å². The quantitative estimate of drug-likeness (QED) is 0.290. The average Bonchev–Trinajstić information content (AvgIpc) is 3.32. The first-order valence-corrected chi connectivity index (χ1v) is 15.9. The number of anilines is 1. The third kappa shape index (κ3) is 4.48. The molecule has 3 aromatic rings. The van der Waals surface area contributed by atoms with Gasteiger partial charge in [0.2, 0.25) is 12.5 Å². The summed E-state index contributed by atoms with van der Waals surface area (Å²) >= 11 is 0. The van der Waals surface area contributed by atoms with E-state index in [4.69, 9.17) is 21.3 Å². The van der Waals surface area contributed by atoms with Crippen molar-refractivity contribution in [1.82, 2.24) is 19.8 Å². The summed E-state index contributed by atoms with van der Waals surface area (Å²) in [6.07, 6.45) is 8.63. The van der Waals surface area contributed by atoms with Gasteiger partial charge < -0.3 is 19.4 Å². The van der Waals surface area contributed by atoms with Gasteiger partial charge in [0, 0.05) is 25.0 Å². The summed E-state index contributed by atoms with van der Waals surface area (Å²) < 4.78 is 6.51. The minimum atomic E-state index is -0.228. The van der Waals surface area contributed by atoms with Gasteiger partial charge in [-0.05, 0) is 104 Å². The molecule has 4 heterocycles. The van der Waals surface area contributed by atoms with Gasteiger partial charge in [0.25, 0.3) is 0 Å². The molecule has 8 rings (SSSR count). The first-order chi connectivity index (χ1) is 21.1. The number of aromatic nitrogens is 2. The second kappa shape index (κ2) is 10.3. The van der Waals surface area contributed by atoms with Crippen LogP contribution in [0.4, 0.5) is 5.82 Å². The van der Waals surface area contributed by atoms with Crippen LogP contribution >= 0.6 is 0 Å². The summed E-state index contributed by atoms with van der Waals surface area (Å²) in [5.41, 5.74) is 6.52. The molecule has 0 N–H and O–H groups in total. The third-order valence-electron chi connectivity index (χ3n) is 10.8. The van der Waals surface area contributed by atoms with Gasteiger partial charge in [0.15, 0.2) is 0 Å². The highest BCUT2D eigenvalue weighted by Crippen LogP contribution is 2.58. The van der Waals surface area contributed by atoms with Gasteiger partial charge in [-0.25, -0.2) is 6.57 Å². The number of hydrogen-bond donors (Lipinski definition) is 0. The maximum Gasteiger partial charge on any atom is 0.319 e. The lowest BCUT2D eigenvalue weighted by molar-refractivity contribution is -0.128. The number of fused-ring (bicyclic) bond motifs is 5. The van der Waals surface area contributed by atoms with Gasteiger partial charge >= 0.3 is 6.01 Å². The van der Waals surface area contributed by atoms with Crippen LogP contribution < -0.4 is 9.64 Å². The molecule has 0 unspecified atom stereocenters. The predicted octanol–water partition coefficient (Wildman–Crippen LogP) is 5.09. The van der Waals surface area contributed by atoms with Crippen molar-refractivity contribution in [2.45, 2.75) is 56.0 Å². The van der Waals surface area contributed by atoms with Crippen molar-refractivity contribution >= 4 is 22.6 Å². The van der Waals surface area contributed by atoms with Gasteiger partial charge in [-0.3, -0.25) is 9.69 Å². The van der Waals surface area contributed by atoms with E-state index in [1.165, 1.54) is 54.0 Å². The molecule has 5 aliphatic rings. The zero-order chi connectivity index (χ0) is 29.1. The predicted molar refractivity (Wildman–Crippen MR) is 167 cm³/mol. The SMILES string of the molecule is [C-]#[N+]C[C@H]1CN(c2nc(OCC34CCCN3CCC4)nc3cc(-c4cccc5c4[C@H]4C[C@H]4C5)ccc23)CCN1C(=O)C=C. The van der Waals surface area contributed by atoms with Crippen molar-refractivity contribution in [2.75, 3.05) is 50.8 Å². The number of carbonyl (C=O) groups is 1. The zero-order valence-electron chi connectivity index (χ0n) is 24.7.